The van der Waals surface area contributed by atoms with Gasteiger partial charge in [0.2, 0.25) is 0 Å². The van der Waals surface area contributed by atoms with Gasteiger partial charge < -0.3 is 9.47 Å². The Morgan fingerprint density at radius 2 is 0.833 bits per heavy atom. The fourth-order valence-electron chi connectivity index (χ4n) is 10.4. The van der Waals surface area contributed by atoms with Gasteiger partial charge in [-0.15, -0.1) is 0 Å². The van der Waals surface area contributed by atoms with E-state index in [-0.39, 0.29) is 47.8 Å². The zero-order chi connectivity index (χ0) is 31.8. The molecule has 0 N–H and O–H groups in total. The van der Waals surface area contributed by atoms with Crippen LogP contribution in [-0.4, -0.2) is 24.1 Å². The quantitative estimate of drug-likeness (QED) is 0.178. The number of carbonyl (C=O) groups excluding carboxylic acids is 2. The van der Waals surface area contributed by atoms with Gasteiger partial charge in [-0.25, -0.2) is 0 Å². The van der Waals surface area contributed by atoms with E-state index in [2.05, 4.69) is 83.1 Å². The minimum atomic E-state index is -0.231. The lowest BCUT2D eigenvalue weighted by Crippen LogP contribution is -2.48. The van der Waals surface area contributed by atoms with Crippen LogP contribution in [-0.2, 0) is 19.1 Å². The number of hydrogen-bond donors (Lipinski definition) is 0. The second-order valence-electron chi connectivity index (χ2n) is 17.0. The predicted molar refractivity (Wildman–Crippen MR) is 176 cm³/mol. The fraction of sp³-hybridized carbons (Fsp3) is 0.947. The Labute approximate surface area is 261 Å². The highest BCUT2D eigenvalue weighted by Gasteiger charge is 2.50. The molecule has 0 heterocycles. The van der Waals surface area contributed by atoms with Gasteiger partial charge in [0.15, 0.2) is 0 Å². The van der Waals surface area contributed by atoms with Crippen LogP contribution in [0, 0.1) is 58.2 Å². The average molecular weight is 591 g/mol. The standard InChI is InChI=1S/C38H70O4/c1-25(2)21-37(22-26(3)4)19-13-15-31(35(37)29(9)10)41-33(39)17-18-34(40)42-32-16-14-20-38(23-27(5)6,24-28(7)8)36(32)30(11)12/h25-32,35-36H,13-24H2,1-12H3. The van der Waals surface area contributed by atoms with Gasteiger partial charge in [0.25, 0.3) is 0 Å². The van der Waals surface area contributed by atoms with Crippen LogP contribution in [0.3, 0.4) is 0 Å². The van der Waals surface area contributed by atoms with Crippen LogP contribution >= 0.6 is 0 Å². The second-order valence-corrected chi connectivity index (χ2v) is 17.0. The SMILES string of the molecule is CC(C)CC1(CC(C)C)CCCC(OC(=O)CCC(=O)OC2CCCC(CC(C)C)(CC(C)C)C2C(C)C)C1C(C)C. The van der Waals surface area contributed by atoms with Gasteiger partial charge in [0.05, 0.1) is 12.8 Å². The van der Waals surface area contributed by atoms with Crippen molar-refractivity contribution in [1.82, 2.24) is 0 Å². The van der Waals surface area contributed by atoms with E-state index in [1.54, 1.807) is 0 Å². The molecule has 0 bridgehead atoms. The molecule has 4 heteroatoms. The monoisotopic (exact) mass is 591 g/mol. The molecule has 2 fully saturated rings. The molecule has 2 aliphatic rings. The van der Waals surface area contributed by atoms with Crippen LogP contribution < -0.4 is 0 Å². The summed E-state index contributed by atoms with van der Waals surface area (Å²) in [5.41, 5.74) is 0.424. The zero-order valence-corrected chi connectivity index (χ0v) is 29.9. The summed E-state index contributed by atoms with van der Waals surface area (Å²) in [6, 6.07) is 0. The molecule has 4 nitrogen and oxygen atoms in total. The summed E-state index contributed by atoms with van der Waals surface area (Å²) in [7, 11) is 0. The van der Waals surface area contributed by atoms with Crippen molar-refractivity contribution in [2.45, 2.75) is 172 Å². The first-order valence-electron chi connectivity index (χ1n) is 17.9. The minimum absolute atomic E-state index is 0.0591. The normalized spacial score (nSPS) is 26.0. The summed E-state index contributed by atoms with van der Waals surface area (Å²) in [4.78, 5) is 26.4. The minimum Gasteiger partial charge on any atom is -0.462 e. The number of rotatable bonds is 15. The van der Waals surface area contributed by atoms with Crippen molar-refractivity contribution in [3.8, 4) is 0 Å². The Bertz CT molecular complexity index is 735. The average Bonchev–Trinajstić information content (AvgIpc) is 2.80. The molecular formula is C38H70O4. The summed E-state index contributed by atoms with van der Waals surface area (Å²) in [6.07, 6.45) is 11.4. The third-order valence-electron chi connectivity index (χ3n) is 10.3. The molecule has 0 aromatic carbocycles. The summed E-state index contributed by atoms with van der Waals surface area (Å²) >= 11 is 0. The van der Waals surface area contributed by atoms with Gasteiger partial charge in [0.1, 0.15) is 12.2 Å². The van der Waals surface area contributed by atoms with Crippen LogP contribution in [0.15, 0.2) is 0 Å². The highest BCUT2D eigenvalue weighted by molar-refractivity contribution is 5.77. The first-order chi connectivity index (χ1) is 19.5. The molecular weight excluding hydrogens is 520 g/mol. The van der Waals surface area contributed by atoms with Crippen LogP contribution in [0.25, 0.3) is 0 Å². The van der Waals surface area contributed by atoms with Crippen LogP contribution in [0.4, 0.5) is 0 Å². The summed E-state index contributed by atoms with van der Waals surface area (Å²) in [5, 5.41) is 0. The first kappa shape index (κ1) is 37.1. The lowest BCUT2D eigenvalue weighted by molar-refractivity contribution is -0.170. The lowest BCUT2D eigenvalue weighted by atomic mass is 9.55. The maximum absolute atomic E-state index is 13.2. The van der Waals surface area contributed by atoms with E-state index < -0.39 is 0 Å². The molecule has 42 heavy (non-hydrogen) atoms. The van der Waals surface area contributed by atoms with Crippen molar-refractivity contribution >= 4 is 11.9 Å². The highest BCUT2D eigenvalue weighted by atomic mass is 16.6. The Morgan fingerprint density at radius 3 is 1.07 bits per heavy atom. The Hall–Kier alpha value is -1.06. The Kier molecular flexibility index (Phi) is 14.4. The molecule has 0 saturated heterocycles. The second kappa shape index (κ2) is 16.3. The lowest BCUT2D eigenvalue weighted by Gasteiger charge is -2.52. The molecule has 2 rings (SSSR count). The Balaban J connectivity index is 2.09. The van der Waals surface area contributed by atoms with Crippen molar-refractivity contribution in [2.75, 3.05) is 0 Å². The molecule has 2 saturated carbocycles. The third-order valence-corrected chi connectivity index (χ3v) is 10.3. The topological polar surface area (TPSA) is 52.6 Å². The fourth-order valence-corrected chi connectivity index (χ4v) is 10.4. The van der Waals surface area contributed by atoms with E-state index in [1.807, 2.05) is 0 Å². The molecule has 0 aromatic heterocycles. The number of carbonyl (C=O) groups is 2. The van der Waals surface area contributed by atoms with Crippen molar-refractivity contribution in [1.29, 1.82) is 0 Å². The third kappa shape index (κ3) is 10.3. The first-order valence-corrected chi connectivity index (χ1v) is 17.9. The van der Waals surface area contributed by atoms with E-state index in [0.717, 1.165) is 25.7 Å². The Morgan fingerprint density at radius 1 is 0.548 bits per heavy atom. The molecule has 0 radical (unpaired) electrons. The number of ether oxygens (including phenoxy) is 2. The summed E-state index contributed by atoms with van der Waals surface area (Å²) < 4.78 is 12.5. The van der Waals surface area contributed by atoms with Gasteiger partial charge in [-0.05, 0) is 111 Å². The van der Waals surface area contributed by atoms with Crippen molar-refractivity contribution in [3.63, 3.8) is 0 Å². The van der Waals surface area contributed by atoms with E-state index >= 15 is 0 Å². The number of hydrogen-bond acceptors (Lipinski definition) is 4. The van der Waals surface area contributed by atoms with Gasteiger partial charge in [-0.2, -0.15) is 0 Å². The highest BCUT2D eigenvalue weighted by Crippen LogP contribution is 2.55. The van der Waals surface area contributed by atoms with E-state index in [1.165, 1.54) is 38.5 Å². The molecule has 2 aliphatic carbocycles. The molecule has 0 aromatic rings. The van der Waals surface area contributed by atoms with Crippen molar-refractivity contribution in [3.05, 3.63) is 0 Å². The summed E-state index contributed by atoms with van der Waals surface area (Å²) in [6.45, 7) is 27.8. The van der Waals surface area contributed by atoms with Gasteiger partial charge in [-0.1, -0.05) is 83.1 Å². The summed E-state index contributed by atoms with van der Waals surface area (Å²) in [5.74, 6) is 3.60. The largest absolute Gasteiger partial charge is 0.462 e. The molecule has 246 valence electrons. The smallest absolute Gasteiger partial charge is 0.306 e. The van der Waals surface area contributed by atoms with E-state index in [0.29, 0.717) is 47.3 Å². The van der Waals surface area contributed by atoms with Gasteiger partial charge >= 0.3 is 11.9 Å². The van der Waals surface area contributed by atoms with Crippen LogP contribution in [0.2, 0.25) is 0 Å². The van der Waals surface area contributed by atoms with E-state index in [4.69, 9.17) is 9.47 Å². The van der Waals surface area contributed by atoms with E-state index in [9.17, 15) is 9.59 Å². The molecule has 4 unspecified atom stereocenters. The van der Waals surface area contributed by atoms with Gasteiger partial charge in [0, 0.05) is 11.8 Å². The van der Waals surface area contributed by atoms with Crippen molar-refractivity contribution in [2.24, 2.45) is 58.2 Å². The van der Waals surface area contributed by atoms with Crippen LogP contribution in [0.5, 0.6) is 0 Å². The molecule has 0 aliphatic heterocycles. The number of esters is 2. The van der Waals surface area contributed by atoms with Crippen LogP contribution in [0.1, 0.15) is 160 Å². The molecule has 0 spiro atoms. The van der Waals surface area contributed by atoms with Crippen molar-refractivity contribution < 1.29 is 19.1 Å². The molecule has 0 amide bonds. The maximum atomic E-state index is 13.2. The predicted octanol–water partition coefficient (Wildman–Crippen LogP) is 10.7. The maximum Gasteiger partial charge on any atom is 0.306 e. The van der Waals surface area contributed by atoms with Gasteiger partial charge in [-0.3, -0.25) is 9.59 Å². The zero-order valence-electron chi connectivity index (χ0n) is 29.9. The molecule has 4 atom stereocenters.